The molecule has 3 aromatic carbocycles. The van der Waals surface area contributed by atoms with Gasteiger partial charge in [0.2, 0.25) is 5.91 Å². The summed E-state index contributed by atoms with van der Waals surface area (Å²) in [5, 5.41) is 11.3. The van der Waals surface area contributed by atoms with Crippen LogP contribution in [0.4, 0.5) is 5.82 Å². The summed E-state index contributed by atoms with van der Waals surface area (Å²) in [7, 11) is 0. The summed E-state index contributed by atoms with van der Waals surface area (Å²) < 4.78 is 1.74. The Labute approximate surface area is 196 Å². The Morgan fingerprint density at radius 1 is 0.970 bits per heavy atom. The highest BCUT2D eigenvalue weighted by Gasteiger charge is 2.41. The van der Waals surface area contributed by atoms with Crippen LogP contribution in [0.5, 0.6) is 0 Å². The molecule has 0 saturated heterocycles. The van der Waals surface area contributed by atoms with Crippen molar-refractivity contribution < 1.29 is 9.59 Å². The Morgan fingerprint density at radius 2 is 1.61 bits per heavy atom. The lowest BCUT2D eigenvalue weighted by Gasteiger charge is -2.33. The smallest absolute Gasteiger partial charge is 0.251 e. The van der Waals surface area contributed by atoms with Crippen LogP contribution in [0.25, 0.3) is 5.69 Å². The molecule has 2 heterocycles. The van der Waals surface area contributed by atoms with Gasteiger partial charge in [-0.3, -0.25) is 9.59 Å². The summed E-state index contributed by atoms with van der Waals surface area (Å²) in [6, 6.07) is 25.0. The van der Waals surface area contributed by atoms with Crippen molar-refractivity contribution in [3.05, 3.63) is 112 Å². The van der Waals surface area contributed by atoms with Gasteiger partial charge in [-0.25, -0.2) is 4.68 Å². The zero-order valence-corrected chi connectivity index (χ0v) is 18.6. The maximum atomic E-state index is 13.4. The van der Waals surface area contributed by atoms with Crippen molar-refractivity contribution in [1.82, 2.24) is 15.1 Å². The van der Waals surface area contributed by atoms with Crippen LogP contribution in [0.1, 0.15) is 33.1 Å². The van der Waals surface area contributed by atoms with Crippen LogP contribution in [0, 0.1) is 6.92 Å². The Balaban J connectivity index is 1.63. The zero-order chi connectivity index (χ0) is 22.9. The molecule has 1 aromatic heterocycles. The van der Waals surface area contributed by atoms with Crippen LogP contribution < -0.4 is 10.6 Å². The Bertz CT molecular complexity index is 1320. The molecule has 2 amide bonds. The van der Waals surface area contributed by atoms with E-state index in [0.29, 0.717) is 16.4 Å². The van der Waals surface area contributed by atoms with Crippen LogP contribution in [0.3, 0.4) is 0 Å². The van der Waals surface area contributed by atoms with Crippen molar-refractivity contribution in [3.63, 3.8) is 0 Å². The number of halogens is 1. The monoisotopic (exact) mass is 456 g/mol. The zero-order valence-electron chi connectivity index (χ0n) is 17.8. The first-order chi connectivity index (χ1) is 16.0. The third-order valence-electron chi connectivity index (χ3n) is 5.83. The normalized spacial score (nSPS) is 17.2. The molecule has 0 fully saturated rings. The predicted molar refractivity (Wildman–Crippen MR) is 128 cm³/mol. The van der Waals surface area contributed by atoms with Crippen molar-refractivity contribution in [1.29, 1.82) is 0 Å². The minimum absolute atomic E-state index is 0.302. The second-order valence-electron chi connectivity index (χ2n) is 7.93. The van der Waals surface area contributed by atoms with E-state index in [1.165, 1.54) is 0 Å². The molecular formula is C26H21ClN4O2. The van der Waals surface area contributed by atoms with Crippen LogP contribution >= 0.6 is 11.6 Å². The first kappa shape index (κ1) is 21.0. The molecule has 33 heavy (non-hydrogen) atoms. The number of anilines is 1. The van der Waals surface area contributed by atoms with Crippen LogP contribution in [-0.4, -0.2) is 27.6 Å². The summed E-state index contributed by atoms with van der Waals surface area (Å²) in [6.45, 7) is 1.91. The van der Waals surface area contributed by atoms with Gasteiger partial charge in [0.1, 0.15) is 11.9 Å². The lowest BCUT2D eigenvalue weighted by Crippen LogP contribution is -2.50. The lowest BCUT2D eigenvalue weighted by molar-refractivity contribution is -0.118. The molecule has 0 unspecified atom stereocenters. The minimum atomic E-state index is -0.821. The fraction of sp³-hybridized carbons (Fsp3) is 0.115. The van der Waals surface area contributed by atoms with Gasteiger partial charge in [0.15, 0.2) is 0 Å². The molecule has 0 bridgehead atoms. The van der Waals surface area contributed by atoms with Crippen molar-refractivity contribution in [2.75, 3.05) is 5.32 Å². The molecule has 4 aromatic rings. The number of para-hydroxylation sites is 1. The molecule has 1 aliphatic rings. The Hall–Kier alpha value is -3.90. The number of nitrogens with zero attached hydrogens (tertiary/aromatic N) is 2. The maximum absolute atomic E-state index is 13.4. The van der Waals surface area contributed by atoms with E-state index >= 15 is 0 Å². The highest BCUT2D eigenvalue weighted by Crippen LogP contribution is 2.40. The van der Waals surface area contributed by atoms with E-state index in [9.17, 15) is 9.59 Å². The number of rotatable bonds is 4. The molecule has 0 radical (unpaired) electrons. The van der Waals surface area contributed by atoms with Gasteiger partial charge in [-0.2, -0.15) is 5.10 Å². The molecule has 1 aliphatic heterocycles. The van der Waals surface area contributed by atoms with E-state index in [-0.39, 0.29) is 11.8 Å². The van der Waals surface area contributed by atoms with E-state index in [0.717, 1.165) is 22.5 Å². The van der Waals surface area contributed by atoms with Gasteiger partial charge in [-0.15, -0.1) is 0 Å². The van der Waals surface area contributed by atoms with Gasteiger partial charge in [-0.05, 0) is 48.9 Å². The van der Waals surface area contributed by atoms with Gasteiger partial charge in [-0.1, -0.05) is 60.1 Å². The summed E-state index contributed by atoms with van der Waals surface area (Å²) in [5.74, 6) is -0.444. The molecule has 6 nitrogen and oxygen atoms in total. The second kappa shape index (κ2) is 8.56. The number of aryl methyl sites for hydroxylation is 1. The molecule has 7 heteroatoms. The molecule has 2 N–H and O–H groups in total. The van der Waals surface area contributed by atoms with Crippen LogP contribution in [-0.2, 0) is 4.79 Å². The fourth-order valence-electron chi connectivity index (χ4n) is 4.29. The van der Waals surface area contributed by atoms with Crippen molar-refractivity contribution in [2.45, 2.75) is 18.9 Å². The SMILES string of the molecule is Cc1nn(-c2ccccc2)c2c1[C@H](c1ccc(Cl)cc1)[C@H](NC(=O)c1ccccc1)C(=O)N2. The fourth-order valence-corrected chi connectivity index (χ4v) is 4.42. The van der Waals surface area contributed by atoms with E-state index < -0.39 is 12.0 Å². The molecule has 0 saturated carbocycles. The van der Waals surface area contributed by atoms with Gasteiger partial charge >= 0.3 is 0 Å². The first-order valence-electron chi connectivity index (χ1n) is 10.6. The largest absolute Gasteiger partial charge is 0.339 e. The summed E-state index contributed by atoms with van der Waals surface area (Å²) >= 11 is 6.13. The number of hydrogen-bond donors (Lipinski definition) is 2. The molecule has 0 spiro atoms. The second-order valence-corrected chi connectivity index (χ2v) is 8.37. The molecule has 0 aliphatic carbocycles. The average molecular weight is 457 g/mol. The van der Waals surface area contributed by atoms with E-state index in [2.05, 4.69) is 10.6 Å². The van der Waals surface area contributed by atoms with E-state index in [1.807, 2.05) is 55.5 Å². The van der Waals surface area contributed by atoms with Gasteiger partial charge in [0, 0.05) is 22.1 Å². The standard InChI is InChI=1S/C26H21ClN4O2/c1-16-21-22(17-12-14-19(27)15-13-17)23(28-25(32)18-8-4-2-5-9-18)26(33)29-24(21)31(30-16)20-10-6-3-7-11-20/h2-15,22-23H,1H3,(H,28,32)(H,29,33)/t22-,23-/m0/s1. The van der Waals surface area contributed by atoms with Crippen molar-refractivity contribution in [2.24, 2.45) is 0 Å². The maximum Gasteiger partial charge on any atom is 0.251 e. The summed E-state index contributed by atoms with van der Waals surface area (Å²) in [5.41, 5.74) is 3.82. The van der Waals surface area contributed by atoms with Crippen LogP contribution in [0.2, 0.25) is 5.02 Å². The summed E-state index contributed by atoms with van der Waals surface area (Å²) in [6.07, 6.45) is 0. The number of carbonyl (C=O) groups is 2. The van der Waals surface area contributed by atoms with E-state index in [4.69, 9.17) is 16.7 Å². The van der Waals surface area contributed by atoms with Gasteiger partial charge < -0.3 is 10.6 Å². The topological polar surface area (TPSA) is 76.0 Å². The Kier molecular flexibility index (Phi) is 5.44. The average Bonchev–Trinajstić information content (AvgIpc) is 3.17. The van der Waals surface area contributed by atoms with Crippen molar-refractivity contribution >= 4 is 29.2 Å². The van der Waals surface area contributed by atoms with Crippen LogP contribution in [0.15, 0.2) is 84.9 Å². The summed E-state index contributed by atoms with van der Waals surface area (Å²) in [4.78, 5) is 26.4. The minimum Gasteiger partial charge on any atom is -0.339 e. The lowest BCUT2D eigenvalue weighted by atomic mass is 9.82. The highest BCUT2D eigenvalue weighted by molar-refractivity contribution is 6.30. The highest BCUT2D eigenvalue weighted by atomic mass is 35.5. The number of aromatic nitrogens is 2. The quantitative estimate of drug-likeness (QED) is 0.466. The first-order valence-corrected chi connectivity index (χ1v) is 11.0. The van der Waals surface area contributed by atoms with Crippen molar-refractivity contribution in [3.8, 4) is 5.69 Å². The number of hydrogen-bond acceptors (Lipinski definition) is 3. The third kappa shape index (κ3) is 3.90. The number of carbonyl (C=O) groups excluding carboxylic acids is 2. The molecule has 5 rings (SSSR count). The third-order valence-corrected chi connectivity index (χ3v) is 6.08. The molecule has 164 valence electrons. The van der Waals surface area contributed by atoms with E-state index in [1.54, 1.807) is 41.1 Å². The number of nitrogens with one attached hydrogen (secondary N) is 2. The van der Waals surface area contributed by atoms with Gasteiger partial charge in [0.25, 0.3) is 5.91 Å². The van der Waals surface area contributed by atoms with Gasteiger partial charge in [0.05, 0.1) is 11.4 Å². The Morgan fingerprint density at radius 3 is 2.27 bits per heavy atom. The molecule has 2 atom stereocenters. The predicted octanol–water partition coefficient (Wildman–Crippen LogP) is 4.72. The number of amides is 2. The number of benzene rings is 3. The number of fused-ring (bicyclic) bond motifs is 1. The molecular weight excluding hydrogens is 436 g/mol.